The van der Waals surface area contributed by atoms with E-state index in [1.54, 1.807) is 6.07 Å². The van der Waals surface area contributed by atoms with Crippen molar-refractivity contribution in [1.82, 2.24) is 14.5 Å². The van der Waals surface area contributed by atoms with E-state index >= 15 is 0 Å². The lowest BCUT2D eigenvalue weighted by atomic mass is 10.1. The molecule has 1 aliphatic rings. The summed E-state index contributed by atoms with van der Waals surface area (Å²) in [6.45, 7) is 0. The molecule has 1 amide bonds. The Balaban J connectivity index is 1.68. The molecule has 1 fully saturated rings. The third kappa shape index (κ3) is 2.85. The Morgan fingerprint density at radius 1 is 1.28 bits per heavy atom. The first kappa shape index (κ1) is 15.3. The zero-order chi connectivity index (χ0) is 17.2. The van der Waals surface area contributed by atoms with Crippen LogP contribution in [0.2, 0.25) is 0 Å². The molecule has 4 rings (SSSR count). The maximum absolute atomic E-state index is 12.2. The third-order valence-electron chi connectivity index (χ3n) is 4.74. The van der Waals surface area contributed by atoms with Crippen LogP contribution >= 0.6 is 0 Å². The summed E-state index contributed by atoms with van der Waals surface area (Å²) in [5, 5.41) is 13.2. The fraction of sp³-hybridized carbons (Fsp3) is 0.263. The van der Waals surface area contributed by atoms with Gasteiger partial charge in [0.05, 0.1) is 5.56 Å². The predicted molar refractivity (Wildman–Crippen MR) is 94.1 cm³/mol. The summed E-state index contributed by atoms with van der Waals surface area (Å²) in [4.78, 5) is 20.0. The second-order valence-corrected chi connectivity index (χ2v) is 6.28. The number of fused-ring (bicyclic) bond motifs is 1. The highest BCUT2D eigenvalue weighted by atomic mass is 16.1. The molecule has 0 aliphatic heterocycles. The molecule has 1 saturated carbocycles. The van der Waals surface area contributed by atoms with Gasteiger partial charge < -0.3 is 9.88 Å². The quantitative estimate of drug-likeness (QED) is 0.793. The van der Waals surface area contributed by atoms with Crippen molar-refractivity contribution >= 4 is 22.5 Å². The number of nitrogens with zero attached hydrogens (tertiary/aromatic N) is 4. The number of anilines is 1. The van der Waals surface area contributed by atoms with Gasteiger partial charge in [-0.1, -0.05) is 12.8 Å². The summed E-state index contributed by atoms with van der Waals surface area (Å²) < 4.78 is 2.22. The SMILES string of the molecule is N#Cc1cn(C2CCCC2)c2ccc(NC(=O)c3ccncn3)cc12. The molecule has 0 unspecified atom stereocenters. The van der Waals surface area contributed by atoms with Crippen molar-refractivity contribution < 1.29 is 4.79 Å². The van der Waals surface area contributed by atoms with Crippen LogP contribution < -0.4 is 5.32 Å². The van der Waals surface area contributed by atoms with E-state index in [0.29, 0.717) is 23.0 Å². The first-order valence-corrected chi connectivity index (χ1v) is 8.38. The number of hydrogen-bond acceptors (Lipinski definition) is 4. The van der Waals surface area contributed by atoms with Gasteiger partial charge in [-0.2, -0.15) is 5.26 Å². The van der Waals surface area contributed by atoms with Crippen molar-refractivity contribution in [2.75, 3.05) is 5.32 Å². The zero-order valence-corrected chi connectivity index (χ0v) is 13.6. The van der Waals surface area contributed by atoms with Crippen molar-refractivity contribution in [3.63, 3.8) is 0 Å². The second-order valence-electron chi connectivity index (χ2n) is 6.28. The molecule has 6 nitrogen and oxygen atoms in total. The van der Waals surface area contributed by atoms with Crippen LogP contribution in [0.1, 0.15) is 47.8 Å². The molecule has 1 aliphatic carbocycles. The van der Waals surface area contributed by atoms with E-state index in [1.807, 2.05) is 24.4 Å². The van der Waals surface area contributed by atoms with Crippen molar-refractivity contribution in [3.05, 3.63) is 54.2 Å². The van der Waals surface area contributed by atoms with Gasteiger partial charge in [0, 0.05) is 35.0 Å². The van der Waals surface area contributed by atoms with Crippen LogP contribution in [0.5, 0.6) is 0 Å². The van der Waals surface area contributed by atoms with Crippen LogP contribution in [0.4, 0.5) is 5.69 Å². The average Bonchev–Trinajstić information content (AvgIpc) is 3.29. The minimum Gasteiger partial charge on any atom is -0.343 e. The number of aromatic nitrogens is 3. The van der Waals surface area contributed by atoms with Gasteiger partial charge in [0.15, 0.2) is 0 Å². The monoisotopic (exact) mass is 331 g/mol. The van der Waals surface area contributed by atoms with Crippen LogP contribution in [0, 0.1) is 11.3 Å². The maximum atomic E-state index is 12.2. The first-order chi connectivity index (χ1) is 12.3. The highest BCUT2D eigenvalue weighted by Crippen LogP contribution is 2.35. The van der Waals surface area contributed by atoms with Gasteiger partial charge in [-0.05, 0) is 37.1 Å². The van der Waals surface area contributed by atoms with E-state index in [2.05, 4.69) is 25.9 Å². The molecule has 3 aromatic rings. The minimum atomic E-state index is -0.296. The van der Waals surface area contributed by atoms with E-state index in [4.69, 9.17) is 0 Å². The standard InChI is InChI=1S/C19H17N5O/c20-10-13-11-24(15-3-1-2-4-15)18-6-5-14(9-16(13)18)23-19(25)17-7-8-21-12-22-17/h5-9,11-12,15H,1-4H2,(H,23,25). The number of carbonyl (C=O) groups is 1. The lowest BCUT2D eigenvalue weighted by Gasteiger charge is -2.13. The molecule has 1 N–H and O–H groups in total. The smallest absolute Gasteiger partial charge is 0.274 e. The van der Waals surface area contributed by atoms with Gasteiger partial charge in [0.25, 0.3) is 5.91 Å². The molecule has 0 bridgehead atoms. The fourth-order valence-electron chi connectivity index (χ4n) is 3.53. The molecule has 124 valence electrons. The van der Waals surface area contributed by atoms with Gasteiger partial charge in [0.2, 0.25) is 0 Å². The van der Waals surface area contributed by atoms with Crippen LogP contribution in [-0.4, -0.2) is 20.4 Å². The Morgan fingerprint density at radius 3 is 2.84 bits per heavy atom. The molecule has 25 heavy (non-hydrogen) atoms. The number of nitrogens with one attached hydrogen (secondary N) is 1. The van der Waals surface area contributed by atoms with Crippen LogP contribution in [0.25, 0.3) is 10.9 Å². The molecular formula is C19H17N5O. The zero-order valence-electron chi connectivity index (χ0n) is 13.6. The Kier molecular flexibility index (Phi) is 3.90. The Bertz CT molecular complexity index is 965. The number of benzene rings is 1. The number of carbonyl (C=O) groups excluding carboxylic acids is 1. The van der Waals surface area contributed by atoms with E-state index in [-0.39, 0.29) is 5.91 Å². The normalized spacial score (nSPS) is 14.5. The van der Waals surface area contributed by atoms with E-state index in [1.165, 1.54) is 25.4 Å². The van der Waals surface area contributed by atoms with Gasteiger partial charge in [-0.15, -0.1) is 0 Å². The van der Waals surface area contributed by atoms with Gasteiger partial charge in [0.1, 0.15) is 18.1 Å². The molecule has 0 radical (unpaired) electrons. The van der Waals surface area contributed by atoms with E-state index < -0.39 is 0 Å². The van der Waals surface area contributed by atoms with Crippen molar-refractivity contribution in [1.29, 1.82) is 5.26 Å². The molecule has 6 heteroatoms. The molecule has 1 aromatic carbocycles. The molecule has 0 atom stereocenters. The van der Waals surface area contributed by atoms with Gasteiger partial charge in [-0.3, -0.25) is 4.79 Å². The summed E-state index contributed by atoms with van der Waals surface area (Å²) >= 11 is 0. The topological polar surface area (TPSA) is 83.6 Å². The lowest BCUT2D eigenvalue weighted by molar-refractivity contribution is 0.102. The minimum absolute atomic E-state index is 0.296. The van der Waals surface area contributed by atoms with E-state index in [9.17, 15) is 10.1 Å². The molecule has 0 saturated heterocycles. The highest BCUT2D eigenvalue weighted by Gasteiger charge is 2.20. The van der Waals surface area contributed by atoms with Crippen molar-refractivity contribution in [2.24, 2.45) is 0 Å². The second kappa shape index (κ2) is 6.36. The van der Waals surface area contributed by atoms with Crippen LogP contribution in [0.15, 0.2) is 43.0 Å². The third-order valence-corrected chi connectivity index (χ3v) is 4.74. The number of rotatable bonds is 3. The summed E-state index contributed by atoms with van der Waals surface area (Å²) in [6, 6.07) is 10.0. The summed E-state index contributed by atoms with van der Waals surface area (Å²) in [6.07, 6.45) is 9.59. The Morgan fingerprint density at radius 2 is 2.12 bits per heavy atom. The molecule has 0 spiro atoms. The van der Waals surface area contributed by atoms with Crippen molar-refractivity contribution in [3.8, 4) is 6.07 Å². The Hall–Kier alpha value is -3.20. The predicted octanol–water partition coefficient (Wildman–Crippen LogP) is 3.67. The molecular weight excluding hydrogens is 314 g/mol. The summed E-state index contributed by atoms with van der Waals surface area (Å²) in [7, 11) is 0. The van der Waals surface area contributed by atoms with Crippen molar-refractivity contribution in [2.45, 2.75) is 31.7 Å². The van der Waals surface area contributed by atoms with Crippen LogP contribution in [-0.2, 0) is 0 Å². The number of nitriles is 1. The first-order valence-electron chi connectivity index (χ1n) is 8.38. The molecule has 2 heterocycles. The van der Waals surface area contributed by atoms with E-state index in [0.717, 1.165) is 23.7 Å². The fourth-order valence-corrected chi connectivity index (χ4v) is 3.53. The van der Waals surface area contributed by atoms with Gasteiger partial charge >= 0.3 is 0 Å². The largest absolute Gasteiger partial charge is 0.343 e. The van der Waals surface area contributed by atoms with Crippen LogP contribution in [0.3, 0.4) is 0 Å². The summed E-state index contributed by atoms with van der Waals surface area (Å²) in [5.74, 6) is -0.296. The van der Waals surface area contributed by atoms with Gasteiger partial charge in [-0.25, -0.2) is 9.97 Å². The highest BCUT2D eigenvalue weighted by molar-refractivity contribution is 6.04. The summed E-state index contributed by atoms with van der Waals surface area (Å²) in [5.41, 5.74) is 2.64. The Labute approximate surface area is 145 Å². The number of hydrogen-bond donors (Lipinski definition) is 1. The maximum Gasteiger partial charge on any atom is 0.274 e. The number of amides is 1. The lowest BCUT2D eigenvalue weighted by Crippen LogP contribution is -2.13. The average molecular weight is 331 g/mol. The molecule has 2 aromatic heterocycles.